The number of nitrogens with one attached hydrogen (secondary N) is 1. The molecule has 4 aliphatic rings. The lowest BCUT2D eigenvalue weighted by atomic mass is 9.74. The maximum atomic E-state index is 12.3. The quantitative estimate of drug-likeness (QED) is 0.423. The average molecular weight is 375 g/mol. The number of hydrogen-bond acceptors (Lipinski definition) is 4. The van der Waals surface area contributed by atoms with Crippen LogP contribution in [0.4, 0.5) is 0 Å². The van der Waals surface area contributed by atoms with Crippen LogP contribution in [0.3, 0.4) is 0 Å². The molecule has 1 spiro atoms. The monoisotopic (exact) mass is 374 g/mol. The van der Waals surface area contributed by atoms with Gasteiger partial charge in [-0.05, 0) is 65.5 Å². The lowest BCUT2D eigenvalue weighted by Gasteiger charge is -2.29. The van der Waals surface area contributed by atoms with E-state index >= 15 is 0 Å². The Morgan fingerprint density at radius 2 is 2.11 bits per heavy atom. The minimum Gasteiger partial charge on any atom is -0.369 e. The average Bonchev–Trinajstić information content (AvgIpc) is 3.53. The van der Waals surface area contributed by atoms with Gasteiger partial charge in [-0.15, -0.1) is 0 Å². The molecule has 1 amide bonds. The molecule has 0 aromatic rings. The fourth-order valence-corrected chi connectivity index (χ4v) is 4.76. The first-order chi connectivity index (χ1) is 13.1. The summed E-state index contributed by atoms with van der Waals surface area (Å²) in [5.74, 6) is 0.471. The van der Waals surface area contributed by atoms with Gasteiger partial charge in [0.15, 0.2) is 0 Å². The maximum Gasteiger partial charge on any atom is 0.243 e. The number of nitrogens with zero attached hydrogens (tertiary/aromatic N) is 1. The van der Waals surface area contributed by atoms with Crippen LogP contribution in [0.2, 0.25) is 0 Å². The first-order valence-electron chi connectivity index (χ1n) is 10.7. The van der Waals surface area contributed by atoms with E-state index in [9.17, 15) is 4.79 Å². The van der Waals surface area contributed by atoms with E-state index in [0.29, 0.717) is 18.1 Å². The van der Waals surface area contributed by atoms with E-state index in [1.807, 2.05) is 6.08 Å². The van der Waals surface area contributed by atoms with Gasteiger partial charge < -0.3 is 19.7 Å². The zero-order chi connectivity index (χ0) is 18.9. The molecule has 3 aliphatic heterocycles. The molecular formula is C22H34N2O3. The van der Waals surface area contributed by atoms with Gasteiger partial charge in [0.25, 0.3) is 0 Å². The van der Waals surface area contributed by atoms with E-state index in [1.54, 1.807) is 0 Å². The van der Waals surface area contributed by atoms with Crippen LogP contribution >= 0.6 is 0 Å². The summed E-state index contributed by atoms with van der Waals surface area (Å²) in [6.07, 6.45) is 11.3. The largest absolute Gasteiger partial charge is 0.369 e. The molecule has 3 saturated heterocycles. The Morgan fingerprint density at radius 1 is 1.33 bits per heavy atom. The van der Waals surface area contributed by atoms with Crippen molar-refractivity contribution in [3.63, 3.8) is 0 Å². The molecular weight excluding hydrogens is 340 g/mol. The third-order valence-corrected chi connectivity index (χ3v) is 6.58. The molecule has 1 N–H and O–H groups in total. The molecule has 150 valence electrons. The second-order valence-corrected chi connectivity index (χ2v) is 8.96. The molecule has 1 aliphatic carbocycles. The Kier molecular flexibility index (Phi) is 5.72. The van der Waals surface area contributed by atoms with Crippen molar-refractivity contribution in [1.29, 1.82) is 0 Å². The second kappa shape index (κ2) is 8.06. The summed E-state index contributed by atoms with van der Waals surface area (Å²) >= 11 is 0. The van der Waals surface area contributed by atoms with E-state index in [4.69, 9.17) is 9.47 Å². The van der Waals surface area contributed by atoms with E-state index in [2.05, 4.69) is 30.1 Å². The molecule has 4 fully saturated rings. The highest BCUT2D eigenvalue weighted by molar-refractivity contribution is 5.88. The Labute approximate surface area is 163 Å². The summed E-state index contributed by atoms with van der Waals surface area (Å²) in [5.41, 5.74) is 2.64. The summed E-state index contributed by atoms with van der Waals surface area (Å²) in [6.45, 7) is 9.19. The van der Waals surface area contributed by atoms with Gasteiger partial charge in [0, 0.05) is 25.1 Å². The Morgan fingerprint density at radius 3 is 2.81 bits per heavy atom. The van der Waals surface area contributed by atoms with Gasteiger partial charge in [-0.3, -0.25) is 4.79 Å². The summed E-state index contributed by atoms with van der Waals surface area (Å²) in [7, 11) is 0. The van der Waals surface area contributed by atoms with Gasteiger partial charge >= 0.3 is 0 Å². The van der Waals surface area contributed by atoms with Crippen LogP contribution in [0.25, 0.3) is 0 Å². The normalized spacial score (nSPS) is 36.8. The number of carbonyl (C=O) groups is 1. The maximum absolute atomic E-state index is 12.3. The fraction of sp³-hybridized carbons (Fsp3) is 0.773. The first-order valence-corrected chi connectivity index (χ1v) is 10.7. The van der Waals surface area contributed by atoms with Gasteiger partial charge in [-0.2, -0.15) is 0 Å². The van der Waals surface area contributed by atoms with Crippen molar-refractivity contribution in [1.82, 2.24) is 10.2 Å². The Hall–Kier alpha value is -1.17. The summed E-state index contributed by atoms with van der Waals surface area (Å²) in [5, 5.41) is 3.07. The van der Waals surface area contributed by atoms with Crippen LogP contribution in [0.5, 0.6) is 0 Å². The van der Waals surface area contributed by atoms with Crippen molar-refractivity contribution < 1.29 is 14.3 Å². The van der Waals surface area contributed by atoms with E-state index in [0.717, 1.165) is 45.4 Å². The van der Waals surface area contributed by atoms with Crippen LogP contribution < -0.4 is 5.32 Å². The predicted molar refractivity (Wildman–Crippen MR) is 105 cm³/mol. The summed E-state index contributed by atoms with van der Waals surface area (Å²) in [4.78, 5) is 14.7. The fourth-order valence-electron chi connectivity index (χ4n) is 4.76. The van der Waals surface area contributed by atoms with Crippen molar-refractivity contribution in [3.05, 3.63) is 23.3 Å². The second-order valence-electron chi connectivity index (χ2n) is 8.96. The number of allylic oxidation sites excluding steroid dienone is 2. The predicted octanol–water partition coefficient (Wildman–Crippen LogP) is 2.82. The molecule has 5 heteroatoms. The smallest absolute Gasteiger partial charge is 0.243 e. The van der Waals surface area contributed by atoms with E-state index < -0.39 is 0 Å². The molecule has 0 bridgehead atoms. The molecule has 0 aromatic carbocycles. The lowest BCUT2D eigenvalue weighted by Crippen LogP contribution is -2.35. The molecule has 3 heterocycles. The van der Waals surface area contributed by atoms with Crippen molar-refractivity contribution in [2.75, 3.05) is 32.8 Å². The minimum atomic E-state index is 0.0357. The van der Waals surface area contributed by atoms with Crippen molar-refractivity contribution >= 4 is 5.91 Å². The zero-order valence-electron chi connectivity index (χ0n) is 16.8. The molecule has 0 aromatic heterocycles. The van der Waals surface area contributed by atoms with Crippen LogP contribution in [0.15, 0.2) is 23.3 Å². The molecule has 27 heavy (non-hydrogen) atoms. The molecule has 4 rings (SSSR count). The van der Waals surface area contributed by atoms with Crippen molar-refractivity contribution in [2.45, 2.75) is 70.2 Å². The van der Waals surface area contributed by atoms with Gasteiger partial charge in [-0.1, -0.05) is 17.2 Å². The van der Waals surface area contributed by atoms with Gasteiger partial charge in [0.2, 0.25) is 5.91 Å². The Balaban J connectivity index is 1.27. The highest BCUT2D eigenvalue weighted by Crippen LogP contribution is 2.54. The molecule has 4 atom stereocenters. The zero-order valence-corrected chi connectivity index (χ0v) is 16.8. The number of amides is 1. The van der Waals surface area contributed by atoms with Gasteiger partial charge in [0.05, 0.1) is 24.4 Å². The molecule has 5 nitrogen and oxygen atoms in total. The standard InChI is InChI=1S/C22H34N2O3/c1-16(2)5-6-19-21(27-19)18-13-17(7-8-22(18)15-26-22)14-20(25)23-9-12-24-10-3-4-11-24/h5,14,18-19,21H,3-4,6-13,15H2,1-2H3,(H,23,25)/b17-14-. The lowest BCUT2D eigenvalue weighted by molar-refractivity contribution is -0.116. The van der Waals surface area contributed by atoms with Gasteiger partial charge in [-0.25, -0.2) is 0 Å². The third-order valence-electron chi connectivity index (χ3n) is 6.58. The minimum absolute atomic E-state index is 0.0357. The van der Waals surface area contributed by atoms with E-state index in [-0.39, 0.29) is 11.5 Å². The number of carbonyl (C=O) groups excluding carboxylic acids is 1. The highest BCUT2D eigenvalue weighted by Gasteiger charge is 2.61. The number of hydrogen-bond donors (Lipinski definition) is 1. The molecule has 1 saturated carbocycles. The SMILES string of the molecule is CC(C)=CCC1OC1C1C/C(=C\C(=O)NCCN2CCCC2)CCC12CO2. The van der Waals surface area contributed by atoms with Gasteiger partial charge in [0.1, 0.15) is 0 Å². The number of likely N-dealkylation sites (tertiary alicyclic amines) is 1. The number of rotatable bonds is 7. The topological polar surface area (TPSA) is 57.4 Å². The van der Waals surface area contributed by atoms with Crippen LogP contribution in [0, 0.1) is 5.92 Å². The first kappa shape index (κ1) is 19.2. The summed E-state index contributed by atoms with van der Waals surface area (Å²) < 4.78 is 11.9. The van der Waals surface area contributed by atoms with Crippen LogP contribution in [-0.2, 0) is 14.3 Å². The molecule has 4 unspecified atom stereocenters. The highest BCUT2D eigenvalue weighted by atomic mass is 16.6. The van der Waals surface area contributed by atoms with Crippen molar-refractivity contribution in [2.24, 2.45) is 5.92 Å². The molecule has 0 radical (unpaired) electrons. The summed E-state index contributed by atoms with van der Waals surface area (Å²) in [6, 6.07) is 0. The number of ether oxygens (including phenoxy) is 2. The number of epoxide rings is 2. The van der Waals surface area contributed by atoms with Crippen LogP contribution in [-0.4, -0.2) is 61.4 Å². The van der Waals surface area contributed by atoms with E-state index in [1.165, 1.54) is 37.1 Å². The third kappa shape index (κ3) is 4.82. The van der Waals surface area contributed by atoms with Crippen LogP contribution in [0.1, 0.15) is 52.4 Å². The van der Waals surface area contributed by atoms with Crippen molar-refractivity contribution in [3.8, 4) is 0 Å². The Bertz CT molecular complexity index is 613.